The van der Waals surface area contributed by atoms with Crippen molar-refractivity contribution in [1.82, 2.24) is 9.55 Å². The van der Waals surface area contributed by atoms with Gasteiger partial charge in [-0.3, -0.25) is 4.79 Å². The Morgan fingerprint density at radius 2 is 2.13 bits per heavy atom. The number of aryl methyl sites for hydroxylation is 1. The van der Waals surface area contributed by atoms with Gasteiger partial charge < -0.3 is 14.6 Å². The zero-order valence-electron chi connectivity index (χ0n) is 12.5. The zero-order valence-corrected chi connectivity index (χ0v) is 13.3. The molecule has 3 aromatic rings. The number of nitrogens with zero attached hydrogens (tertiary/aromatic N) is 2. The number of benzene rings is 1. The summed E-state index contributed by atoms with van der Waals surface area (Å²) in [6, 6.07) is 9.46. The van der Waals surface area contributed by atoms with Gasteiger partial charge in [-0.25, -0.2) is 9.78 Å². The van der Waals surface area contributed by atoms with E-state index in [1.807, 2.05) is 28.8 Å². The Morgan fingerprint density at radius 1 is 1.30 bits per heavy atom. The van der Waals surface area contributed by atoms with Gasteiger partial charge in [0.2, 0.25) is 5.91 Å². The van der Waals surface area contributed by atoms with E-state index in [-0.39, 0.29) is 12.3 Å². The number of imidazole rings is 1. The molecule has 118 valence electrons. The Kier molecular flexibility index (Phi) is 4.38. The quantitative estimate of drug-likeness (QED) is 0.731. The summed E-state index contributed by atoms with van der Waals surface area (Å²) in [5.74, 6) is -0.609. The van der Waals surface area contributed by atoms with Crippen molar-refractivity contribution in [2.75, 3.05) is 12.4 Å². The summed E-state index contributed by atoms with van der Waals surface area (Å²) in [4.78, 5) is 28.4. The normalized spacial score (nSPS) is 10.7. The van der Waals surface area contributed by atoms with E-state index in [0.29, 0.717) is 17.1 Å². The average molecular weight is 329 g/mol. The van der Waals surface area contributed by atoms with Gasteiger partial charge in [0.05, 0.1) is 30.2 Å². The summed E-state index contributed by atoms with van der Waals surface area (Å²) in [5, 5.41) is 4.49. The van der Waals surface area contributed by atoms with E-state index in [9.17, 15) is 9.59 Å². The Hall–Kier alpha value is -2.67. The number of amides is 1. The van der Waals surface area contributed by atoms with Gasteiger partial charge >= 0.3 is 5.97 Å². The van der Waals surface area contributed by atoms with Crippen LogP contribution in [0.1, 0.15) is 16.1 Å². The highest BCUT2D eigenvalue weighted by Crippen LogP contribution is 2.23. The molecule has 7 heteroatoms. The minimum atomic E-state index is -0.448. The number of hydrogen-bond donors (Lipinski definition) is 1. The molecule has 0 aliphatic rings. The number of fused-ring (bicyclic) bond motifs is 1. The van der Waals surface area contributed by atoms with Crippen LogP contribution in [0.2, 0.25) is 0 Å². The topological polar surface area (TPSA) is 73.2 Å². The minimum Gasteiger partial charge on any atom is -0.465 e. The number of hydrogen-bond acceptors (Lipinski definition) is 5. The molecule has 0 atom stereocenters. The van der Waals surface area contributed by atoms with Crippen molar-refractivity contribution >= 4 is 39.9 Å². The molecule has 0 radical (unpaired) electrons. The number of aromatic nitrogens is 2. The molecule has 1 amide bonds. The molecule has 1 aromatic carbocycles. The third kappa shape index (κ3) is 3.24. The van der Waals surface area contributed by atoms with Crippen LogP contribution in [0.15, 0.2) is 42.0 Å². The Bertz CT molecular complexity index is 853. The number of esters is 1. The van der Waals surface area contributed by atoms with Crippen LogP contribution in [0, 0.1) is 0 Å². The second kappa shape index (κ2) is 6.62. The van der Waals surface area contributed by atoms with Crippen molar-refractivity contribution in [3.05, 3.63) is 46.9 Å². The molecular weight excluding hydrogens is 314 g/mol. The van der Waals surface area contributed by atoms with Crippen molar-refractivity contribution in [3.8, 4) is 0 Å². The number of para-hydroxylation sites is 2. The number of anilines is 1. The first-order valence-corrected chi connectivity index (χ1v) is 7.92. The lowest BCUT2D eigenvalue weighted by Crippen LogP contribution is -2.15. The molecule has 0 saturated heterocycles. The number of methoxy groups -OCH3 is 1. The molecule has 0 fully saturated rings. The van der Waals surface area contributed by atoms with Gasteiger partial charge in [-0.1, -0.05) is 12.1 Å². The highest BCUT2D eigenvalue weighted by atomic mass is 32.1. The minimum absolute atomic E-state index is 0.161. The smallest absolute Gasteiger partial charge is 0.350 e. The number of nitrogens with one attached hydrogen (secondary N) is 1. The molecule has 0 bridgehead atoms. The molecule has 0 spiro atoms. The van der Waals surface area contributed by atoms with Crippen molar-refractivity contribution in [2.24, 2.45) is 0 Å². The van der Waals surface area contributed by atoms with Gasteiger partial charge in [-0.2, -0.15) is 0 Å². The number of rotatable bonds is 5. The first kappa shape index (κ1) is 15.2. The van der Waals surface area contributed by atoms with E-state index in [2.05, 4.69) is 10.3 Å². The highest BCUT2D eigenvalue weighted by Gasteiger charge is 2.15. The molecule has 2 heterocycles. The van der Waals surface area contributed by atoms with Crippen LogP contribution in [-0.2, 0) is 16.1 Å². The second-order valence-corrected chi connectivity index (χ2v) is 5.80. The summed E-state index contributed by atoms with van der Waals surface area (Å²) in [6.45, 7) is 0.518. The van der Waals surface area contributed by atoms with Crippen LogP contribution >= 0.6 is 11.3 Å². The molecule has 2 aromatic heterocycles. The first-order chi connectivity index (χ1) is 11.2. The van der Waals surface area contributed by atoms with Gasteiger partial charge in [0, 0.05) is 13.0 Å². The molecule has 3 rings (SSSR count). The molecule has 1 N–H and O–H groups in total. The summed E-state index contributed by atoms with van der Waals surface area (Å²) in [7, 11) is 1.32. The Labute approximate surface area is 136 Å². The van der Waals surface area contributed by atoms with Gasteiger partial charge in [-0.05, 0) is 23.6 Å². The highest BCUT2D eigenvalue weighted by molar-refractivity contribution is 7.12. The molecule has 0 aliphatic heterocycles. The predicted molar refractivity (Wildman–Crippen MR) is 88.6 cm³/mol. The SMILES string of the molecule is COC(=O)c1sccc1NC(=O)CCn1cnc2ccccc21. The Morgan fingerprint density at radius 3 is 2.96 bits per heavy atom. The molecule has 0 saturated carbocycles. The lowest BCUT2D eigenvalue weighted by atomic mass is 10.3. The van der Waals surface area contributed by atoms with Crippen molar-refractivity contribution in [2.45, 2.75) is 13.0 Å². The van der Waals surface area contributed by atoms with Gasteiger partial charge in [0.25, 0.3) is 0 Å². The van der Waals surface area contributed by atoms with E-state index in [0.717, 1.165) is 11.0 Å². The van der Waals surface area contributed by atoms with Gasteiger partial charge in [-0.15, -0.1) is 11.3 Å². The fraction of sp³-hybridized carbons (Fsp3) is 0.188. The maximum atomic E-state index is 12.1. The zero-order chi connectivity index (χ0) is 16.2. The lowest BCUT2D eigenvalue weighted by Gasteiger charge is -2.07. The molecule has 0 aliphatic carbocycles. The standard InChI is InChI=1S/C16H15N3O3S/c1-22-16(21)15-12(7-9-23-15)18-14(20)6-8-19-10-17-11-4-2-3-5-13(11)19/h2-5,7,9-10H,6,8H2,1H3,(H,18,20). The number of carbonyl (C=O) groups excluding carboxylic acids is 2. The van der Waals surface area contributed by atoms with E-state index in [1.165, 1.54) is 18.4 Å². The summed E-state index contributed by atoms with van der Waals surface area (Å²) in [5.41, 5.74) is 2.38. The molecular formula is C16H15N3O3S. The third-order valence-corrected chi connectivity index (χ3v) is 4.31. The van der Waals surface area contributed by atoms with Crippen molar-refractivity contribution < 1.29 is 14.3 Å². The van der Waals surface area contributed by atoms with E-state index >= 15 is 0 Å². The van der Waals surface area contributed by atoms with Gasteiger partial charge in [0.15, 0.2) is 0 Å². The van der Waals surface area contributed by atoms with Crippen LogP contribution in [0.4, 0.5) is 5.69 Å². The summed E-state index contributed by atoms with van der Waals surface area (Å²) >= 11 is 1.24. The van der Waals surface area contributed by atoms with E-state index < -0.39 is 5.97 Å². The Balaban J connectivity index is 1.64. The summed E-state index contributed by atoms with van der Waals surface area (Å²) in [6.07, 6.45) is 2.01. The van der Waals surface area contributed by atoms with Crippen LogP contribution in [-0.4, -0.2) is 28.5 Å². The third-order valence-electron chi connectivity index (χ3n) is 3.42. The van der Waals surface area contributed by atoms with Crippen LogP contribution < -0.4 is 5.32 Å². The maximum Gasteiger partial charge on any atom is 0.350 e. The van der Waals surface area contributed by atoms with E-state index in [1.54, 1.807) is 17.8 Å². The second-order valence-electron chi connectivity index (χ2n) is 4.88. The molecule has 23 heavy (non-hydrogen) atoms. The number of carbonyl (C=O) groups is 2. The monoisotopic (exact) mass is 329 g/mol. The molecule has 6 nitrogen and oxygen atoms in total. The van der Waals surface area contributed by atoms with Crippen molar-refractivity contribution in [3.63, 3.8) is 0 Å². The van der Waals surface area contributed by atoms with Gasteiger partial charge in [0.1, 0.15) is 4.88 Å². The number of thiophene rings is 1. The molecule has 0 unspecified atom stereocenters. The summed E-state index contributed by atoms with van der Waals surface area (Å²) < 4.78 is 6.63. The fourth-order valence-electron chi connectivity index (χ4n) is 2.28. The largest absolute Gasteiger partial charge is 0.465 e. The lowest BCUT2D eigenvalue weighted by molar-refractivity contribution is -0.116. The predicted octanol–water partition coefficient (Wildman–Crippen LogP) is 2.91. The average Bonchev–Trinajstić information content (AvgIpc) is 3.19. The van der Waals surface area contributed by atoms with E-state index in [4.69, 9.17) is 4.74 Å². The maximum absolute atomic E-state index is 12.1. The van der Waals surface area contributed by atoms with Crippen LogP contribution in [0.3, 0.4) is 0 Å². The van der Waals surface area contributed by atoms with Crippen molar-refractivity contribution in [1.29, 1.82) is 0 Å². The van der Waals surface area contributed by atoms with Crippen LogP contribution in [0.5, 0.6) is 0 Å². The fourth-order valence-corrected chi connectivity index (χ4v) is 3.05. The van der Waals surface area contributed by atoms with Crippen LogP contribution in [0.25, 0.3) is 11.0 Å². The number of ether oxygens (including phenoxy) is 1. The first-order valence-electron chi connectivity index (χ1n) is 7.04.